The van der Waals surface area contributed by atoms with E-state index in [9.17, 15) is 4.39 Å². The molecule has 1 fully saturated rings. The van der Waals surface area contributed by atoms with E-state index in [2.05, 4.69) is 27.4 Å². The van der Waals surface area contributed by atoms with E-state index < -0.39 is 0 Å². The Bertz CT molecular complexity index is 486. The van der Waals surface area contributed by atoms with E-state index in [0.717, 1.165) is 37.1 Å². The largest absolute Gasteiger partial charge is 0.356 e. The molecule has 0 amide bonds. The summed E-state index contributed by atoms with van der Waals surface area (Å²) in [4.78, 5) is 6.81. The molecule has 0 aromatic heterocycles. The molecule has 0 aliphatic carbocycles. The Morgan fingerprint density at radius 3 is 2.74 bits per heavy atom. The van der Waals surface area contributed by atoms with Gasteiger partial charge in [0, 0.05) is 32.7 Å². The van der Waals surface area contributed by atoms with E-state index in [1.165, 1.54) is 37.9 Å². The first-order valence-electron chi connectivity index (χ1n) is 8.62. The molecule has 1 aliphatic rings. The van der Waals surface area contributed by atoms with Crippen LogP contribution in [0.25, 0.3) is 0 Å². The molecule has 4 nitrogen and oxygen atoms in total. The van der Waals surface area contributed by atoms with E-state index in [4.69, 9.17) is 0 Å². The van der Waals surface area contributed by atoms with Gasteiger partial charge in [-0.3, -0.25) is 4.99 Å². The number of piperidine rings is 1. The van der Waals surface area contributed by atoms with Gasteiger partial charge in [0.25, 0.3) is 0 Å². The Morgan fingerprint density at radius 2 is 2.04 bits per heavy atom. The smallest absolute Gasteiger partial charge is 0.191 e. The summed E-state index contributed by atoms with van der Waals surface area (Å²) in [5.41, 5.74) is 1.04. The number of nitrogens with zero attached hydrogens (tertiary/aromatic N) is 2. The highest BCUT2D eigenvalue weighted by molar-refractivity contribution is 5.79. The fraction of sp³-hybridized carbons (Fsp3) is 0.611. The summed E-state index contributed by atoms with van der Waals surface area (Å²) >= 11 is 0. The normalized spacial score (nSPS) is 19.6. The Balaban J connectivity index is 1.64. The predicted molar refractivity (Wildman–Crippen MR) is 94.1 cm³/mol. The molecule has 23 heavy (non-hydrogen) atoms. The van der Waals surface area contributed by atoms with Gasteiger partial charge in [-0.25, -0.2) is 4.39 Å². The van der Waals surface area contributed by atoms with Crippen LogP contribution in [0, 0.1) is 5.82 Å². The maximum absolute atomic E-state index is 12.9. The fourth-order valence-corrected chi connectivity index (χ4v) is 2.99. The van der Waals surface area contributed by atoms with Crippen molar-refractivity contribution >= 4 is 5.96 Å². The zero-order valence-electron chi connectivity index (χ0n) is 14.3. The van der Waals surface area contributed by atoms with Gasteiger partial charge in [-0.2, -0.15) is 0 Å². The van der Waals surface area contributed by atoms with Gasteiger partial charge >= 0.3 is 0 Å². The molecule has 0 bridgehead atoms. The van der Waals surface area contributed by atoms with Crippen molar-refractivity contribution in [2.24, 2.45) is 4.99 Å². The molecule has 1 aliphatic heterocycles. The van der Waals surface area contributed by atoms with Crippen LogP contribution in [0.3, 0.4) is 0 Å². The molecule has 0 saturated carbocycles. The lowest BCUT2D eigenvalue weighted by Gasteiger charge is -2.33. The van der Waals surface area contributed by atoms with Crippen LogP contribution in [0.4, 0.5) is 4.39 Å². The minimum Gasteiger partial charge on any atom is -0.356 e. The summed E-state index contributed by atoms with van der Waals surface area (Å²) in [5.74, 6) is 0.587. The van der Waals surface area contributed by atoms with Crippen molar-refractivity contribution in [3.8, 4) is 0 Å². The first-order chi connectivity index (χ1) is 11.2. The van der Waals surface area contributed by atoms with Crippen LogP contribution in [0.1, 0.15) is 38.2 Å². The van der Waals surface area contributed by atoms with E-state index >= 15 is 0 Å². The second-order valence-electron chi connectivity index (χ2n) is 6.21. The average Bonchev–Trinajstić information content (AvgIpc) is 2.57. The minimum absolute atomic E-state index is 0.205. The number of guanidine groups is 1. The minimum atomic E-state index is -0.205. The lowest BCUT2D eigenvalue weighted by Crippen LogP contribution is -2.41. The third kappa shape index (κ3) is 6.18. The molecule has 0 spiro atoms. The number of rotatable bonds is 6. The second kappa shape index (κ2) is 9.50. The van der Waals surface area contributed by atoms with Crippen LogP contribution >= 0.6 is 0 Å². The standard InChI is InChI=1S/C18H29FN4/c1-15-6-3-4-12-23(15)13-5-11-21-18(20-2)22-14-16-7-9-17(19)10-8-16/h7-10,15H,3-6,11-14H2,1-2H3,(H2,20,21,22). The summed E-state index contributed by atoms with van der Waals surface area (Å²) in [6.07, 6.45) is 5.14. The van der Waals surface area contributed by atoms with Crippen molar-refractivity contribution in [3.05, 3.63) is 35.6 Å². The Hall–Kier alpha value is -1.62. The maximum atomic E-state index is 12.9. The molecule has 1 unspecified atom stereocenters. The van der Waals surface area contributed by atoms with Crippen molar-refractivity contribution in [2.75, 3.05) is 26.7 Å². The number of likely N-dealkylation sites (tertiary alicyclic amines) is 1. The van der Waals surface area contributed by atoms with E-state index in [0.29, 0.717) is 6.54 Å². The molecule has 1 heterocycles. The second-order valence-corrected chi connectivity index (χ2v) is 6.21. The average molecular weight is 320 g/mol. The van der Waals surface area contributed by atoms with E-state index in [1.54, 1.807) is 19.2 Å². The quantitative estimate of drug-likeness (QED) is 0.481. The Morgan fingerprint density at radius 1 is 1.26 bits per heavy atom. The van der Waals surface area contributed by atoms with Crippen LogP contribution in [-0.4, -0.2) is 43.6 Å². The third-order valence-corrected chi connectivity index (χ3v) is 4.45. The van der Waals surface area contributed by atoms with Gasteiger partial charge in [-0.1, -0.05) is 18.6 Å². The van der Waals surface area contributed by atoms with Gasteiger partial charge < -0.3 is 15.5 Å². The van der Waals surface area contributed by atoms with Gasteiger partial charge in [0.2, 0.25) is 0 Å². The number of hydrogen-bond acceptors (Lipinski definition) is 2. The number of benzene rings is 1. The fourth-order valence-electron chi connectivity index (χ4n) is 2.99. The van der Waals surface area contributed by atoms with Crippen molar-refractivity contribution in [1.29, 1.82) is 0 Å². The van der Waals surface area contributed by atoms with Gasteiger partial charge in [-0.05, 0) is 50.4 Å². The van der Waals surface area contributed by atoms with Gasteiger partial charge in [0.15, 0.2) is 5.96 Å². The van der Waals surface area contributed by atoms with Gasteiger partial charge in [0.1, 0.15) is 5.82 Å². The summed E-state index contributed by atoms with van der Waals surface area (Å²) in [7, 11) is 1.77. The SMILES string of the molecule is CN=C(NCCCN1CCCCC1C)NCc1ccc(F)cc1. The van der Waals surface area contributed by atoms with Crippen molar-refractivity contribution < 1.29 is 4.39 Å². The molecule has 2 N–H and O–H groups in total. The molecule has 1 saturated heterocycles. The van der Waals surface area contributed by atoms with Gasteiger partial charge in [0.05, 0.1) is 0 Å². The molecule has 1 atom stereocenters. The number of nitrogens with one attached hydrogen (secondary N) is 2. The lowest BCUT2D eigenvalue weighted by atomic mass is 10.0. The molecule has 2 rings (SSSR count). The maximum Gasteiger partial charge on any atom is 0.191 e. The molecular weight excluding hydrogens is 291 g/mol. The van der Waals surface area contributed by atoms with Gasteiger partial charge in [-0.15, -0.1) is 0 Å². The molecular formula is C18H29FN4. The van der Waals surface area contributed by atoms with Crippen LogP contribution in [0.15, 0.2) is 29.3 Å². The summed E-state index contributed by atoms with van der Waals surface area (Å²) < 4.78 is 12.9. The first kappa shape index (κ1) is 17.7. The zero-order valence-corrected chi connectivity index (χ0v) is 14.3. The molecule has 128 valence electrons. The third-order valence-electron chi connectivity index (χ3n) is 4.45. The summed E-state index contributed by atoms with van der Waals surface area (Å²) in [6, 6.07) is 7.25. The van der Waals surface area contributed by atoms with Crippen LogP contribution in [-0.2, 0) is 6.54 Å². The molecule has 0 radical (unpaired) electrons. The highest BCUT2D eigenvalue weighted by atomic mass is 19.1. The van der Waals surface area contributed by atoms with E-state index in [1.807, 2.05) is 0 Å². The molecule has 5 heteroatoms. The predicted octanol–water partition coefficient (Wildman–Crippen LogP) is 2.76. The Labute approximate surface area is 139 Å². The van der Waals surface area contributed by atoms with Crippen LogP contribution < -0.4 is 10.6 Å². The first-order valence-corrected chi connectivity index (χ1v) is 8.62. The Kier molecular flexibility index (Phi) is 7.33. The number of halogens is 1. The van der Waals surface area contributed by atoms with Crippen molar-refractivity contribution in [3.63, 3.8) is 0 Å². The summed E-state index contributed by atoms with van der Waals surface area (Å²) in [5, 5.41) is 6.60. The van der Waals surface area contributed by atoms with Crippen molar-refractivity contribution in [1.82, 2.24) is 15.5 Å². The van der Waals surface area contributed by atoms with Crippen molar-refractivity contribution in [2.45, 2.75) is 45.2 Å². The number of hydrogen-bond donors (Lipinski definition) is 2. The topological polar surface area (TPSA) is 39.7 Å². The monoisotopic (exact) mass is 320 g/mol. The highest BCUT2D eigenvalue weighted by Gasteiger charge is 2.16. The lowest BCUT2D eigenvalue weighted by molar-refractivity contribution is 0.159. The molecule has 1 aromatic carbocycles. The van der Waals surface area contributed by atoms with Crippen LogP contribution in [0.5, 0.6) is 0 Å². The zero-order chi connectivity index (χ0) is 16.5. The van der Waals surface area contributed by atoms with E-state index in [-0.39, 0.29) is 5.82 Å². The highest BCUT2D eigenvalue weighted by Crippen LogP contribution is 2.15. The number of aliphatic imine (C=N–C) groups is 1. The summed E-state index contributed by atoms with van der Waals surface area (Å²) in [6.45, 7) is 6.26. The van der Waals surface area contributed by atoms with Crippen LogP contribution in [0.2, 0.25) is 0 Å². The molecule has 1 aromatic rings.